The van der Waals surface area contributed by atoms with E-state index in [4.69, 9.17) is 24.7 Å². The smallest absolute Gasteiger partial charge is 0.272 e. The summed E-state index contributed by atoms with van der Waals surface area (Å²) in [5, 5.41) is 9.53. The van der Waals surface area contributed by atoms with E-state index in [1.54, 1.807) is 10.9 Å². The van der Waals surface area contributed by atoms with Gasteiger partial charge in [0.1, 0.15) is 30.2 Å². The number of aromatic nitrogens is 4. The lowest BCUT2D eigenvalue weighted by Crippen LogP contribution is -2.31. The number of rotatable bonds is 4. The van der Waals surface area contributed by atoms with Gasteiger partial charge in [-0.3, -0.25) is 4.57 Å². The summed E-state index contributed by atoms with van der Waals surface area (Å²) in [7, 11) is 0. The van der Waals surface area contributed by atoms with Crippen molar-refractivity contribution in [2.45, 2.75) is 37.9 Å². The van der Waals surface area contributed by atoms with Crippen molar-refractivity contribution < 1.29 is 24.1 Å². The summed E-state index contributed by atoms with van der Waals surface area (Å²) in [6.45, 7) is 1.34. The molecule has 5 atom stereocenters. The molecule has 124 valence electrons. The molecule has 2 saturated heterocycles. The van der Waals surface area contributed by atoms with Gasteiger partial charge in [-0.2, -0.15) is 0 Å². The first kappa shape index (κ1) is 14.7. The van der Waals surface area contributed by atoms with Gasteiger partial charge in [0.15, 0.2) is 17.7 Å². The van der Waals surface area contributed by atoms with Crippen LogP contribution in [0.3, 0.4) is 0 Å². The van der Waals surface area contributed by atoms with Crippen molar-refractivity contribution in [2.75, 3.05) is 18.9 Å². The highest BCUT2D eigenvalue weighted by atomic mass is 16.9. The van der Waals surface area contributed by atoms with Crippen molar-refractivity contribution in [1.29, 1.82) is 0 Å². The molecule has 2 aromatic rings. The van der Waals surface area contributed by atoms with Gasteiger partial charge in [0.05, 0.1) is 12.9 Å². The standard InChI is InChI=1S/C13H17N5O5/c1-2-20-13-22-8-6(3-19)21-12(9(8)23-13)18-5-17-7-10(14)15-4-16-11(7)18/h4-6,8-9,12-13,19H,2-3H2,1H3,(H2,14,15,16)/t6-,8-,9-,12-,13+/m0/s1. The van der Waals surface area contributed by atoms with Crippen LogP contribution in [0.2, 0.25) is 0 Å². The Labute approximate surface area is 131 Å². The zero-order valence-electron chi connectivity index (χ0n) is 12.4. The summed E-state index contributed by atoms with van der Waals surface area (Å²) in [4.78, 5) is 12.3. The maximum absolute atomic E-state index is 9.53. The number of aliphatic hydroxyl groups is 1. The highest BCUT2D eigenvalue weighted by molar-refractivity contribution is 5.81. The second-order valence-electron chi connectivity index (χ2n) is 5.28. The zero-order chi connectivity index (χ0) is 16.0. The Hall–Kier alpha value is -1.85. The Bertz CT molecular complexity index is 709. The minimum Gasteiger partial charge on any atom is -0.394 e. The number of ether oxygens (including phenoxy) is 4. The van der Waals surface area contributed by atoms with Gasteiger partial charge in [0.2, 0.25) is 0 Å². The summed E-state index contributed by atoms with van der Waals surface area (Å²) in [5.74, 6) is 0.290. The Morgan fingerprint density at radius 2 is 2.09 bits per heavy atom. The number of anilines is 1. The molecule has 0 aromatic carbocycles. The average molecular weight is 323 g/mol. The third-order valence-electron chi connectivity index (χ3n) is 3.97. The van der Waals surface area contributed by atoms with E-state index in [9.17, 15) is 5.11 Å². The first-order chi connectivity index (χ1) is 11.2. The van der Waals surface area contributed by atoms with Crippen molar-refractivity contribution in [1.82, 2.24) is 19.5 Å². The van der Waals surface area contributed by atoms with Crippen LogP contribution in [0.25, 0.3) is 11.2 Å². The number of aliphatic hydroxyl groups excluding tert-OH is 1. The normalized spacial score (nSPS) is 33.4. The number of imidazole rings is 1. The summed E-state index contributed by atoms with van der Waals surface area (Å²) < 4.78 is 24.4. The van der Waals surface area contributed by atoms with Crippen LogP contribution in [-0.4, -0.2) is 62.6 Å². The van der Waals surface area contributed by atoms with Crippen LogP contribution in [0.15, 0.2) is 12.7 Å². The Balaban J connectivity index is 1.69. The molecule has 0 aliphatic carbocycles. The maximum Gasteiger partial charge on any atom is 0.272 e. The molecule has 0 amide bonds. The minimum absolute atomic E-state index is 0.191. The molecule has 0 radical (unpaired) electrons. The maximum atomic E-state index is 9.53. The third kappa shape index (κ3) is 2.26. The summed E-state index contributed by atoms with van der Waals surface area (Å²) in [5.41, 5.74) is 6.82. The van der Waals surface area contributed by atoms with Gasteiger partial charge < -0.3 is 29.8 Å². The van der Waals surface area contributed by atoms with Crippen LogP contribution in [0.5, 0.6) is 0 Å². The van der Waals surface area contributed by atoms with E-state index < -0.39 is 31.0 Å². The van der Waals surface area contributed by atoms with Crippen LogP contribution in [0.1, 0.15) is 13.2 Å². The molecular formula is C13H17N5O5. The van der Waals surface area contributed by atoms with Gasteiger partial charge in [-0.1, -0.05) is 0 Å². The minimum atomic E-state index is -0.773. The fourth-order valence-corrected chi connectivity index (χ4v) is 2.95. The fraction of sp³-hybridized carbons (Fsp3) is 0.615. The Morgan fingerprint density at radius 3 is 2.87 bits per heavy atom. The van der Waals surface area contributed by atoms with Crippen LogP contribution in [0, 0.1) is 0 Å². The molecule has 3 N–H and O–H groups in total. The number of fused-ring (bicyclic) bond motifs is 2. The Kier molecular flexibility index (Phi) is 3.62. The van der Waals surface area contributed by atoms with Gasteiger partial charge in [0.25, 0.3) is 6.48 Å². The predicted octanol–water partition coefficient (Wildman–Crippen LogP) is -0.598. The molecule has 10 nitrogen and oxygen atoms in total. The second kappa shape index (κ2) is 5.65. The number of nitrogens with two attached hydrogens (primary N) is 1. The number of nitrogen functional groups attached to an aromatic ring is 1. The lowest BCUT2D eigenvalue weighted by atomic mass is 10.1. The topological polar surface area (TPSA) is 127 Å². The van der Waals surface area contributed by atoms with E-state index in [2.05, 4.69) is 15.0 Å². The van der Waals surface area contributed by atoms with Crippen LogP contribution < -0.4 is 5.73 Å². The number of hydrogen-bond donors (Lipinski definition) is 2. The largest absolute Gasteiger partial charge is 0.394 e. The average Bonchev–Trinajstić information content (AvgIpc) is 3.21. The van der Waals surface area contributed by atoms with Crippen molar-refractivity contribution in [2.24, 2.45) is 0 Å². The van der Waals surface area contributed by atoms with Crippen molar-refractivity contribution >= 4 is 17.0 Å². The molecule has 2 aliphatic rings. The van der Waals surface area contributed by atoms with Crippen LogP contribution >= 0.6 is 0 Å². The molecule has 4 heterocycles. The van der Waals surface area contributed by atoms with Crippen molar-refractivity contribution in [3.8, 4) is 0 Å². The molecule has 2 fully saturated rings. The highest BCUT2D eigenvalue weighted by Gasteiger charge is 2.54. The number of hydrogen-bond acceptors (Lipinski definition) is 9. The molecule has 0 unspecified atom stereocenters. The van der Waals surface area contributed by atoms with E-state index in [1.165, 1.54) is 6.33 Å². The lowest BCUT2D eigenvalue weighted by Gasteiger charge is -2.20. The van der Waals surface area contributed by atoms with E-state index in [0.29, 0.717) is 17.8 Å². The first-order valence-electron chi connectivity index (χ1n) is 7.34. The first-order valence-corrected chi connectivity index (χ1v) is 7.34. The number of nitrogens with zero attached hydrogens (tertiary/aromatic N) is 4. The van der Waals surface area contributed by atoms with Crippen LogP contribution in [0.4, 0.5) is 5.82 Å². The zero-order valence-corrected chi connectivity index (χ0v) is 12.4. The van der Waals surface area contributed by atoms with E-state index in [0.717, 1.165) is 0 Å². The van der Waals surface area contributed by atoms with Crippen molar-refractivity contribution in [3.63, 3.8) is 0 Å². The molecular weight excluding hydrogens is 306 g/mol. The van der Waals surface area contributed by atoms with E-state index in [-0.39, 0.29) is 12.4 Å². The molecule has 0 saturated carbocycles. The monoisotopic (exact) mass is 323 g/mol. The molecule has 23 heavy (non-hydrogen) atoms. The van der Waals surface area contributed by atoms with Gasteiger partial charge in [0, 0.05) is 6.61 Å². The molecule has 4 rings (SSSR count). The molecule has 10 heteroatoms. The lowest BCUT2D eigenvalue weighted by molar-refractivity contribution is -0.265. The summed E-state index contributed by atoms with van der Waals surface area (Å²) >= 11 is 0. The SMILES string of the molecule is CCO[C@@H]1O[C@@H]2[C@H](O1)[C@@H](n1cnc3c(N)ncnc31)O[C@H]2CO. The highest BCUT2D eigenvalue weighted by Crippen LogP contribution is 2.40. The Morgan fingerprint density at radius 1 is 1.26 bits per heavy atom. The quantitative estimate of drug-likeness (QED) is 0.758. The molecule has 2 aliphatic heterocycles. The second-order valence-corrected chi connectivity index (χ2v) is 5.28. The van der Waals surface area contributed by atoms with Crippen LogP contribution in [-0.2, 0) is 18.9 Å². The van der Waals surface area contributed by atoms with Gasteiger partial charge in [-0.15, -0.1) is 0 Å². The van der Waals surface area contributed by atoms with Gasteiger partial charge in [-0.05, 0) is 6.92 Å². The van der Waals surface area contributed by atoms with E-state index >= 15 is 0 Å². The molecule has 0 spiro atoms. The molecule has 2 aromatic heterocycles. The van der Waals surface area contributed by atoms with E-state index in [1.807, 2.05) is 6.92 Å². The predicted molar refractivity (Wildman–Crippen MR) is 75.9 cm³/mol. The molecule has 0 bridgehead atoms. The third-order valence-corrected chi connectivity index (χ3v) is 3.97. The van der Waals surface area contributed by atoms with Crippen molar-refractivity contribution in [3.05, 3.63) is 12.7 Å². The summed E-state index contributed by atoms with van der Waals surface area (Å²) in [6, 6.07) is 0. The fourth-order valence-electron chi connectivity index (χ4n) is 2.95. The van der Waals surface area contributed by atoms with Gasteiger partial charge in [-0.25, -0.2) is 15.0 Å². The summed E-state index contributed by atoms with van der Waals surface area (Å²) in [6.07, 6.45) is 0.972. The van der Waals surface area contributed by atoms with Gasteiger partial charge >= 0.3 is 0 Å².